The molecule has 0 saturated carbocycles. The highest BCUT2D eigenvalue weighted by atomic mass is 32.2. The Balaban J connectivity index is 1.91. The summed E-state index contributed by atoms with van der Waals surface area (Å²) in [5.41, 5.74) is 0.555. The molecule has 0 radical (unpaired) electrons. The maximum Gasteiger partial charge on any atom is 0.338 e. The minimum Gasteiger partial charge on any atom is -0.478 e. The monoisotopic (exact) mass is 376 g/mol. The van der Waals surface area contributed by atoms with Crippen molar-refractivity contribution in [1.29, 1.82) is 0 Å². The van der Waals surface area contributed by atoms with Gasteiger partial charge in [-0.3, -0.25) is 0 Å². The first-order chi connectivity index (χ1) is 11.4. The average Bonchev–Trinajstić information content (AvgIpc) is 2.96. The molecule has 3 heterocycles. The summed E-state index contributed by atoms with van der Waals surface area (Å²) in [6, 6.07) is 0. The molecule has 0 aliphatic carbocycles. The van der Waals surface area contributed by atoms with Crippen LogP contribution >= 0.6 is 11.3 Å². The molecular formula is C14H20N2O6S2. The molecule has 2 aliphatic heterocycles. The first kappa shape index (κ1) is 17.8. The van der Waals surface area contributed by atoms with Crippen molar-refractivity contribution in [1.82, 2.24) is 9.62 Å². The molecule has 1 saturated heterocycles. The normalized spacial score (nSPS) is 21.7. The fraction of sp³-hybridized carbons (Fsp3) is 0.643. The molecule has 1 aromatic rings. The van der Waals surface area contributed by atoms with Crippen LogP contribution < -0.4 is 5.32 Å². The van der Waals surface area contributed by atoms with E-state index in [9.17, 15) is 18.3 Å². The first-order valence-electron chi connectivity index (χ1n) is 7.65. The van der Waals surface area contributed by atoms with E-state index in [1.807, 2.05) is 0 Å². The van der Waals surface area contributed by atoms with Gasteiger partial charge in [-0.25, -0.2) is 13.2 Å². The predicted molar refractivity (Wildman–Crippen MR) is 87.1 cm³/mol. The van der Waals surface area contributed by atoms with Crippen molar-refractivity contribution < 1.29 is 27.8 Å². The second-order valence-electron chi connectivity index (χ2n) is 5.75. The van der Waals surface area contributed by atoms with Gasteiger partial charge in [-0.15, -0.1) is 11.3 Å². The fourth-order valence-corrected chi connectivity index (χ4v) is 6.13. The largest absolute Gasteiger partial charge is 0.478 e. The van der Waals surface area contributed by atoms with E-state index in [2.05, 4.69) is 5.32 Å². The summed E-state index contributed by atoms with van der Waals surface area (Å²) in [5.74, 6) is -1.20. The van der Waals surface area contributed by atoms with Gasteiger partial charge in [-0.1, -0.05) is 0 Å². The molecule has 0 bridgehead atoms. The van der Waals surface area contributed by atoms with Gasteiger partial charge in [0.05, 0.1) is 31.5 Å². The maximum absolute atomic E-state index is 12.9. The summed E-state index contributed by atoms with van der Waals surface area (Å²) in [5, 5.41) is 12.7. The minimum absolute atomic E-state index is 0.0795. The number of carbonyl (C=O) groups is 1. The summed E-state index contributed by atoms with van der Waals surface area (Å²) >= 11 is 1.04. The van der Waals surface area contributed by atoms with Gasteiger partial charge in [0.2, 0.25) is 0 Å². The predicted octanol–water partition coefficient (Wildman–Crippen LogP) is 0.128. The molecule has 24 heavy (non-hydrogen) atoms. The Morgan fingerprint density at radius 2 is 2.25 bits per heavy atom. The molecular weight excluding hydrogens is 356 g/mol. The number of nitrogens with zero attached hydrogens (tertiary/aromatic N) is 1. The van der Waals surface area contributed by atoms with E-state index in [0.29, 0.717) is 44.9 Å². The van der Waals surface area contributed by atoms with Crippen LogP contribution in [-0.4, -0.2) is 69.9 Å². The van der Waals surface area contributed by atoms with Crippen molar-refractivity contribution >= 4 is 27.3 Å². The Hall–Kier alpha value is -1.04. The van der Waals surface area contributed by atoms with Gasteiger partial charge in [0.15, 0.2) is 0 Å². The van der Waals surface area contributed by atoms with E-state index < -0.39 is 16.0 Å². The fourth-order valence-electron chi connectivity index (χ4n) is 2.88. The van der Waals surface area contributed by atoms with Crippen molar-refractivity contribution in [3.63, 3.8) is 0 Å². The smallest absolute Gasteiger partial charge is 0.338 e. The van der Waals surface area contributed by atoms with Gasteiger partial charge in [0.1, 0.15) is 4.21 Å². The van der Waals surface area contributed by atoms with Crippen LogP contribution in [0.4, 0.5) is 0 Å². The zero-order valence-corrected chi connectivity index (χ0v) is 14.9. The van der Waals surface area contributed by atoms with Gasteiger partial charge in [-0.05, 0) is 18.5 Å². The summed E-state index contributed by atoms with van der Waals surface area (Å²) in [6.07, 6.45) is 0.176. The summed E-state index contributed by atoms with van der Waals surface area (Å²) in [7, 11) is -2.46. The van der Waals surface area contributed by atoms with E-state index in [-0.39, 0.29) is 22.4 Å². The lowest BCUT2D eigenvalue weighted by molar-refractivity contribution is -0.0908. The van der Waals surface area contributed by atoms with Crippen LogP contribution in [0.5, 0.6) is 0 Å². The standard InChI is InChI=1S/C14H20N2O6S2/c1-16(7-9-8-21-4-5-22-9)24(19,20)14-12(13(17)18)10-2-3-15-6-11(10)23-14/h9,15H,2-8H2,1H3,(H,17,18)/t9-/m0/s1. The highest BCUT2D eigenvalue weighted by Gasteiger charge is 2.35. The van der Waals surface area contributed by atoms with Gasteiger partial charge in [0, 0.05) is 25.0 Å². The molecule has 2 aliphatic rings. The van der Waals surface area contributed by atoms with Crippen LogP contribution in [-0.2, 0) is 32.5 Å². The number of rotatable bonds is 5. The van der Waals surface area contributed by atoms with Crippen LogP contribution in [0.2, 0.25) is 0 Å². The zero-order chi connectivity index (χ0) is 17.3. The summed E-state index contributed by atoms with van der Waals surface area (Å²) < 4.78 is 37.6. The lowest BCUT2D eigenvalue weighted by Gasteiger charge is -2.26. The Bertz CT molecular complexity index is 724. The zero-order valence-electron chi connectivity index (χ0n) is 13.3. The summed E-state index contributed by atoms with van der Waals surface area (Å²) in [6.45, 7) is 2.53. The van der Waals surface area contributed by atoms with Crippen molar-refractivity contribution in [2.45, 2.75) is 23.3 Å². The third kappa shape index (κ3) is 3.35. The maximum atomic E-state index is 12.9. The molecule has 1 fully saturated rings. The average molecular weight is 376 g/mol. The van der Waals surface area contributed by atoms with Crippen LogP contribution in [0.1, 0.15) is 20.8 Å². The third-order valence-electron chi connectivity index (χ3n) is 4.10. The second kappa shape index (κ2) is 7.06. The SMILES string of the molecule is CN(C[C@H]1COCCO1)S(=O)(=O)c1sc2c(c1C(=O)O)CCNC2. The quantitative estimate of drug-likeness (QED) is 0.752. The number of carboxylic acids is 1. The summed E-state index contributed by atoms with van der Waals surface area (Å²) in [4.78, 5) is 12.5. The molecule has 2 N–H and O–H groups in total. The van der Waals surface area contributed by atoms with Gasteiger partial charge in [0.25, 0.3) is 10.0 Å². The lowest BCUT2D eigenvalue weighted by atomic mass is 10.1. The number of aromatic carboxylic acids is 1. The molecule has 0 unspecified atom stereocenters. The molecule has 134 valence electrons. The number of hydrogen-bond donors (Lipinski definition) is 2. The minimum atomic E-state index is -3.90. The lowest BCUT2D eigenvalue weighted by Crippen LogP contribution is -2.40. The molecule has 10 heteroatoms. The Kier molecular flexibility index (Phi) is 5.23. The number of hydrogen-bond acceptors (Lipinski definition) is 7. The molecule has 0 spiro atoms. The van der Waals surface area contributed by atoms with Crippen molar-refractivity contribution in [2.24, 2.45) is 0 Å². The highest BCUT2D eigenvalue weighted by Crippen LogP contribution is 2.35. The Morgan fingerprint density at radius 3 is 2.92 bits per heavy atom. The number of likely N-dealkylation sites (N-methyl/N-ethyl adjacent to an activating group) is 1. The van der Waals surface area contributed by atoms with Crippen molar-refractivity contribution in [3.05, 3.63) is 16.0 Å². The number of thiophene rings is 1. The van der Waals surface area contributed by atoms with Crippen LogP contribution in [0, 0.1) is 0 Å². The Morgan fingerprint density at radius 1 is 1.46 bits per heavy atom. The number of fused-ring (bicyclic) bond motifs is 1. The number of carboxylic acid groups (broad SMARTS) is 1. The van der Waals surface area contributed by atoms with Gasteiger partial charge in [-0.2, -0.15) is 4.31 Å². The highest BCUT2D eigenvalue weighted by molar-refractivity contribution is 7.91. The van der Waals surface area contributed by atoms with Crippen molar-refractivity contribution in [2.75, 3.05) is 40.0 Å². The van der Waals surface area contributed by atoms with Crippen molar-refractivity contribution in [3.8, 4) is 0 Å². The molecule has 1 aromatic heterocycles. The molecule has 0 amide bonds. The molecule has 3 rings (SSSR count). The first-order valence-corrected chi connectivity index (χ1v) is 9.91. The molecule has 0 aromatic carbocycles. The molecule has 1 atom stereocenters. The van der Waals surface area contributed by atoms with Crippen LogP contribution in [0.15, 0.2) is 4.21 Å². The van der Waals surface area contributed by atoms with Gasteiger partial charge < -0.3 is 19.9 Å². The number of nitrogens with one attached hydrogen (secondary N) is 1. The topological polar surface area (TPSA) is 105 Å². The van der Waals surface area contributed by atoms with Gasteiger partial charge >= 0.3 is 5.97 Å². The Labute approximate surface area is 144 Å². The number of sulfonamides is 1. The van der Waals surface area contributed by atoms with E-state index in [1.165, 1.54) is 7.05 Å². The third-order valence-corrected chi connectivity index (χ3v) is 7.65. The van der Waals surface area contributed by atoms with Crippen LogP contribution in [0.3, 0.4) is 0 Å². The second-order valence-corrected chi connectivity index (χ2v) is 9.10. The van der Waals surface area contributed by atoms with E-state index in [1.54, 1.807) is 0 Å². The number of ether oxygens (including phenoxy) is 2. The van der Waals surface area contributed by atoms with E-state index in [0.717, 1.165) is 20.5 Å². The van der Waals surface area contributed by atoms with Crippen LogP contribution in [0.25, 0.3) is 0 Å². The van der Waals surface area contributed by atoms with E-state index in [4.69, 9.17) is 9.47 Å². The van der Waals surface area contributed by atoms with E-state index >= 15 is 0 Å². The molecule has 8 nitrogen and oxygen atoms in total.